The van der Waals surface area contributed by atoms with Crippen LogP contribution in [0.3, 0.4) is 0 Å². The number of hydrogen-bond acceptors (Lipinski definition) is 2. The number of benzene rings is 1. The summed E-state index contributed by atoms with van der Waals surface area (Å²) in [6.45, 7) is 0. The standard InChI is InChI=1S/C10H7BrO2/c11-8-1-2-9-6(4-8)3-7(5-12)10(9)13/h1-2,4-5,12H,3H2/b7-5-. The van der Waals surface area contributed by atoms with Gasteiger partial charge in [-0.1, -0.05) is 15.9 Å². The molecule has 0 fully saturated rings. The number of Topliss-reactive ketones (excluding diaryl/α,β-unsaturated/α-hetero) is 1. The van der Waals surface area contributed by atoms with Gasteiger partial charge in [0.1, 0.15) is 0 Å². The minimum atomic E-state index is -0.0648. The monoisotopic (exact) mass is 238 g/mol. The molecule has 0 aliphatic heterocycles. The van der Waals surface area contributed by atoms with Gasteiger partial charge in [0.25, 0.3) is 0 Å². The van der Waals surface area contributed by atoms with Gasteiger partial charge in [0.15, 0.2) is 5.78 Å². The zero-order valence-corrected chi connectivity index (χ0v) is 8.34. The van der Waals surface area contributed by atoms with E-state index in [2.05, 4.69) is 15.9 Å². The summed E-state index contributed by atoms with van der Waals surface area (Å²) in [6, 6.07) is 5.51. The van der Waals surface area contributed by atoms with E-state index < -0.39 is 0 Å². The molecule has 1 aliphatic rings. The molecule has 0 atom stereocenters. The first-order valence-corrected chi connectivity index (χ1v) is 4.68. The van der Waals surface area contributed by atoms with Gasteiger partial charge in [-0.15, -0.1) is 0 Å². The zero-order chi connectivity index (χ0) is 9.42. The van der Waals surface area contributed by atoms with E-state index in [9.17, 15) is 4.79 Å². The van der Waals surface area contributed by atoms with E-state index in [-0.39, 0.29) is 5.78 Å². The minimum Gasteiger partial charge on any atom is -0.515 e. The van der Waals surface area contributed by atoms with Gasteiger partial charge in [-0.3, -0.25) is 4.79 Å². The fourth-order valence-electron chi connectivity index (χ4n) is 1.49. The third kappa shape index (κ3) is 1.29. The summed E-state index contributed by atoms with van der Waals surface area (Å²) >= 11 is 3.33. The number of aliphatic hydroxyl groups is 1. The molecule has 3 heteroatoms. The first-order chi connectivity index (χ1) is 6.22. The summed E-state index contributed by atoms with van der Waals surface area (Å²) in [5.41, 5.74) is 2.14. The average Bonchev–Trinajstić information content (AvgIpc) is 2.42. The van der Waals surface area contributed by atoms with Gasteiger partial charge < -0.3 is 5.11 Å². The van der Waals surface area contributed by atoms with Crippen molar-refractivity contribution in [3.8, 4) is 0 Å². The van der Waals surface area contributed by atoms with Crippen LogP contribution in [0.25, 0.3) is 0 Å². The molecule has 2 rings (SSSR count). The molecule has 0 aromatic heterocycles. The van der Waals surface area contributed by atoms with Crippen LogP contribution in [0.1, 0.15) is 15.9 Å². The number of rotatable bonds is 0. The van der Waals surface area contributed by atoms with Crippen molar-refractivity contribution in [1.82, 2.24) is 0 Å². The quantitative estimate of drug-likeness (QED) is 0.558. The summed E-state index contributed by atoms with van der Waals surface area (Å²) in [4.78, 5) is 11.5. The maximum atomic E-state index is 11.5. The summed E-state index contributed by atoms with van der Waals surface area (Å²) in [5.74, 6) is -0.0648. The van der Waals surface area contributed by atoms with Crippen LogP contribution < -0.4 is 0 Å². The van der Waals surface area contributed by atoms with Crippen molar-refractivity contribution in [2.24, 2.45) is 0 Å². The highest BCUT2D eigenvalue weighted by molar-refractivity contribution is 9.10. The molecule has 0 amide bonds. The molecule has 1 aromatic rings. The molecule has 0 spiro atoms. The second kappa shape index (κ2) is 3.00. The third-order valence-electron chi connectivity index (χ3n) is 2.14. The molecule has 0 saturated heterocycles. The van der Waals surface area contributed by atoms with Crippen molar-refractivity contribution in [2.75, 3.05) is 0 Å². The third-order valence-corrected chi connectivity index (χ3v) is 2.63. The van der Waals surface area contributed by atoms with Crippen molar-refractivity contribution >= 4 is 21.7 Å². The Labute approximate surface area is 84.0 Å². The molecule has 1 aromatic carbocycles. The fraction of sp³-hybridized carbons (Fsp3) is 0.100. The lowest BCUT2D eigenvalue weighted by atomic mass is 10.1. The molecular weight excluding hydrogens is 232 g/mol. The van der Waals surface area contributed by atoms with Gasteiger partial charge in [0, 0.05) is 22.0 Å². The highest BCUT2D eigenvalue weighted by Crippen LogP contribution is 2.28. The maximum Gasteiger partial charge on any atom is 0.192 e. The summed E-state index contributed by atoms with van der Waals surface area (Å²) < 4.78 is 0.957. The molecule has 13 heavy (non-hydrogen) atoms. The molecule has 1 aliphatic carbocycles. The van der Waals surface area contributed by atoms with E-state index in [1.165, 1.54) is 0 Å². The van der Waals surface area contributed by atoms with Gasteiger partial charge in [-0.25, -0.2) is 0 Å². The lowest BCUT2D eigenvalue weighted by Crippen LogP contribution is -1.94. The van der Waals surface area contributed by atoms with E-state index in [4.69, 9.17) is 5.11 Å². The van der Waals surface area contributed by atoms with Gasteiger partial charge in [0.05, 0.1) is 6.26 Å². The number of carbonyl (C=O) groups excluding carboxylic acids is 1. The Morgan fingerprint density at radius 3 is 2.92 bits per heavy atom. The van der Waals surface area contributed by atoms with Crippen LogP contribution >= 0.6 is 15.9 Å². The van der Waals surface area contributed by atoms with Crippen LogP contribution in [0.15, 0.2) is 34.5 Å². The highest BCUT2D eigenvalue weighted by atomic mass is 79.9. The summed E-state index contributed by atoms with van der Waals surface area (Å²) in [5, 5.41) is 8.78. The fourth-order valence-corrected chi connectivity index (χ4v) is 1.90. The largest absolute Gasteiger partial charge is 0.515 e. The van der Waals surface area contributed by atoms with Gasteiger partial charge in [-0.05, 0) is 23.8 Å². The summed E-state index contributed by atoms with van der Waals surface area (Å²) in [7, 11) is 0. The number of ketones is 1. The van der Waals surface area contributed by atoms with Crippen molar-refractivity contribution in [3.05, 3.63) is 45.6 Å². The average molecular weight is 239 g/mol. The highest BCUT2D eigenvalue weighted by Gasteiger charge is 2.24. The normalized spacial score (nSPS) is 17.9. The van der Waals surface area contributed by atoms with Gasteiger partial charge in [0.2, 0.25) is 0 Å². The second-order valence-corrected chi connectivity index (χ2v) is 3.88. The van der Waals surface area contributed by atoms with Crippen molar-refractivity contribution < 1.29 is 9.90 Å². The van der Waals surface area contributed by atoms with E-state index in [0.29, 0.717) is 17.6 Å². The molecule has 0 radical (unpaired) electrons. The van der Waals surface area contributed by atoms with E-state index in [1.54, 1.807) is 6.07 Å². The van der Waals surface area contributed by atoms with Crippen LogP contribution in [0, 0.1) is 0 Å². The Bertz CT molecular complexity index is 407. The Balaban J connectivity index is 2.56. The van der Waals surface area contributed by atoms with Crippen molar-refractivity contribution in [3.63, 3.8) is 0 Å². The topological polar surface area (TPSA) is 37.3 Å². The number of fused-ring (bicyclic) bond motifs is 1. The number of carbonyl (C=O) groups is 1. The molecule has 2 nitrogen and oxygen atoms in total. The van der Waals surface area contributed by atoms with Crippen molar-refractivity contribution in [1.29, 1.82) is 0 Å². The number of allylic oxidation sites excluding steroid dienone is 1. The molecular formula is C10H7BrO2. The Morgan fingerprint density at radius 1 is 1.46 bits per heavy atom. The molecule has 0 bridgehead atoms. The number of hydrogen-bond donors (Lipinski definition) is 1. The van der Waals surface area contributed by atoms with E-state index in [0.717, 1.165) is 16.3 Å². The van der Waals surface area contributed by atoms with Gasteiger partial charge in [-0.2, -0.15) is 0 Å². The van der Waals surface area contributed by atoms with Gasteiger partial charge >= 0.3 is 0 Å². The SMILES string of the molecule is O=C1/C(=C\O)Cc2cc(Br)ccc21. The first-order valence-electron chi connectivity index (χ1n) is 3.89. The smallest absolute Gasteiger partial charge is 0.192 e. The molecule has 0 heterocycles. The van der Waals surface area contributed by atoms with Crippen LogP contribution in [0.4, 0.5) is 0 Å². The molecule has 0 unspecified atom stereocenters. The van der Waals surface area contributed by atoms with Crippen molar-refractivity contribution in [2.45, 2.75) is 6.42 Å². The number of halogens is 1. The van der Waals surface area contributed by atoms with E-state index >= 15 is 0 Å². The molecule has 1 N–H and O–H groups in total. The van der Waals surface area contributed by atoms with Crippen LogP contribution in [0.5, 0.6) is 0 Å². The zero-order valence-electron chi connectivity index (χ0n) is 6.75. The lowest BCUT2D eigenvalue weighted by Gasteiger charge is -1.95. The maximum absolute atomic E-state index is 11.5. The van der Waals surface area contributed by atoms with E-state index in [1.807, 2.05) is 12.1 Å². The first kappa shape index (κ1) is 8.51. The molecule has 0 saturated carbocycles. The Kier molecular flexibility index (Phi) is 1.96. The summed E-state index contributed by atoms with van der Waals surface area (Å²) in [6.07, 6.45) is 1.43. The van der Waals surface area contributed by atoms with Crippen LogP contribution in [-0.4, -0.2) is 10.9 Å². The predicted molar refractivity (Wildman–Crippen MR) is 52.9 cm³/mol. The second-order valence-electron chi connectivity index (χ2n) is 2.96. The minimum absolute atomic E-state index is 0.0648. The Hall–Kier alpha value is -1.09. The van der Waals surface area contributed by atoms with Crippen LogP contribution in [-0.2, 0) is 6.42 Å². The van der Waals surface area contributed by atoms with Crippen LogP contribution in [0.2, 0.25) is 0 Å². The predicted octanol–water partition coefficient (Wildman–Crippen LogP) is 2.63. The Morgan fingerprint density at radius 2 is 2.23 bits per heavy atom. The molecule has 66 valence electrons. The number of aliphatic hydroxyl groups excluding tert-OH is 1. The lowest BCUT2D eigenvalue weighted by molar-refractivity contribution is 0.103.